The average molecular weight is 592 g/mol. The van der Waals surface area contributed by atoms with E-state index in [9.17, 15) is 9.59 Å². The summed E-state index contributed by atoms with van der Waals surface area (Å²) in [6, 6.07) is 2.34. The molecule has 2 aromatic heterocycles. The molecule has 0 radical (unpaired) electrons. The number of aromatic nitrogens is 3. The lowest BCUT2D eigenvalue weighted by Crippen LogP contribution is -2.58. The molecule has 0 bridgehead atoms. The van der Waals surface area contributed by atoms with E-state index in [0.717, 1.165) is 41.3 Å². The Morgan fingerprint density at radius 1 is 1.24 bits per heavy atom. The third-order valence-electron chi connectivity index (χ3n) is 8.29. The summed E-state index contributed by atoms with van der Waals surface area (Å²) in [6.45, 7) is 12.2. The average Bonchev–Trinajstić information content (AvgIpc) is 3.50. The van der Waals surface area contributed by atoms with Crippen molar-refractivity contribution >= 4 is 46.1 Å². The maximum Gasteiger partial charge on any atom is 0.258 e. The monoisotopic (exact) mass is 591 g/mol. The van der Waals surface area contributed by atoms with E-state index < -0.39 is 0 Å². The number of likely N-dealkylation sites (tertiary alicyclic amines) is 1. The predicted molar refractivity (Wildman–Crippen MR) is 174 cm³/mol. The first-order valence-corrected chi connectivity index (χ1v) is 15.7. The first-order valence-electron chi connectivity index (χ1n) is 14.9. The molecule has 0 spiro atoms. The number of allylic oxidation sites excluding steroid dienone is 2. The largest absolute Gasteiger partial charge is 0.324 e. The SMILES string of the molecule is C/C=C(\S/C(CCC)=C(/C=NC)C(=O)Nc1cc(NC(=O)C2CN(C3CCCC3(C)C)C2)cnc1C)c1cnn(C)c1. The van der Waals surface area contributed by atoms with Crippen LogP contribution in [0.25, 0.3) is 4.91 Å². The van der Waals surface area contributed by atoms with Crippen LogP contribution < -0.4 is 10.6 Å². The molecule has 3 heterocycles. The van der Waals surface area contributed by atoms with Crippen LogP contribution in [0, 0.1) is 18.3 Å². The van der Waals surface area contributed by atoms with Gasteiger partial charge in [-0.15, -0.1) is 0 Å². The first kappa shape index (κ1) is 31.7. The number of amides is 2. The number of aliphatic imine (C=N–C) groups is 1. The molecule has 1 aliphatic carbocycles. The van der Waals surface area contributed by atoms with E-state index in [-0.39, 0.29) is 17.7 Å². The minimum atomic E-state index is -0.264. The first-order chi connectivity index (χ1) is 20.1. The fraction of sp³-hybridized carbons (Fsp3) is 0.531. The second kappa shape index (κ2) is 13.8. The van der Waals surface area contributed by atoms with Gasteiger partial charge < -0.3 is 10.6 Å². The predicted octanol–water partition coefficient (Wildman–Crippen LogP) is 6.06. The van der Waals surface area contributed by atoms with Crippen LogP contribution >= 0.6 is 11.8 Å². The highest BCUT2D eigenvalue weighted by Crippen LogP contribution is 2.43. The molecule has 2 aliphatic rings. The van der Waals surface area contributed by atoms with Crippen molar-refractivity contribution in [3.63, 3.8) is 0 Å². The van der Waals surface area contributed by atoms with Crippen LogP contribution in [0.2, 0.25) is 0 Å². The molecular weight excluding hydrogens is 546 g/mol. The van der Waals surface area contributed by atoms with Gasteiger partial charge in [-0.1, -0.05) is 51.5 Å². The maximum absolute atomic E-state index is 13.7. The van der Waals surface area contributed by atoms with Crippen molar-refractivity contribution in [2.75, 3.05) is 30.8 Å². The van der Waals surface area contributed by atoms with Gasteiger partial charge in [-0.25, -0.2) is 0 Å². The quantitative estimate of drug-likeness (QED) is 0.243. The summed E-state index contributed by atoms with van der Waals surface area (Å²) in [4.78, 5) is 39.8. The number of pyridine rings is 1. The highest BCUT2D eigenvalue weighted by atomic mass is 32.2. The Hall–Kier alpha value is -3.24. The molecule has 1 saturated carbocycles. The highest BCUT2D eigenvalue weighted by Gasteiger charge is 2.44. The number of carbonyl (C=O) groups excluding carboxylic acids is 2. The number of hydrogen-bond donors (Lipinski definition) is 2. The van der Waals surface area contributed by atoms with Crippen molar-refractivity contribution < 1.29 is 9.59 Å². The van der Waals surface area contributed by atoms with E-state index in [1.54, 1.807) is 42.0 Å². The molecule has 1 saturated heterocycles. The Morgan fingerprint density at radius 3 is 2.60 bits per heavy atom. The van der Waals surface area contributed by atoms with Crippen LogP contribution in [-0.4, -0.2) is 63.9 Å². The van der Waals surface area contributed by atoms with Gasteiger partial charge in [-0.3, -0.25) is 29.1 Å². The summed E-state index contributed by atoms with van der Waals surface area (Å²) in [6.07, 6.45) is 14.4. The number of thioether (sulfide) groups is 1. The van der Waals surface area contributed by atoms with E-state index in [4.69, 9.17) is 0 Å². The summed E-state index contributed by atoms with van der Waals surface area (Å²) in [5.74, 6) is -0.301. The zero-order valence-electron chi connectivity index (χ0n) is 26.0. The van der Waals surface area contributed by atoms with Gasteiger partial charge in [0.05, 0.1) is 41.0 Å². The Labute approximate surface area is 254 Å². The second-order valence-electron chi connectivity index (χ2n) is 12.0. The summed E-state index contributed by atoms with van der Waals surface area (Å²) in [5, 5.41) is 10.4. The third-order valence-corrected chi connectivity index (χ3v) is 9.65. The number of hydrogen-bond acceptors (Lipinski definition) is 7. The van der Waals surface area contributed by atoms with Gasteiger partial charge >= 0.3 is 0 Å². The summed E-state index contributed by atoms with van der Waals surface area (Å²) in [5.41, 5.74) is 3.62. The molecule has 0 aromatic carbocycles. The van der Waals surface area contributed by atoms with Crippen LogP contribution in [0.1, 0.15) is 71.1 Å². The Balaban J connectivity index is 1.46. The number of anilines is 2. The molecule has 1 aliphatic heterocycles. The van der Waals surface area contributed by atoms with Crippen molar-refractivity contribution in [2.24, 2.45) is 23.4 Å². The molecule has 226 valence electrons. The molecule has 4 rings (SSSR count). The van der Waals surface area contributed by atoms with E-state index in [1.165, 1.54) is 19.3 Å². The van der Waals surface area contributed by atoms with Gasteiger partial charge in [0.2, 0.25) is 5.91 Å². The fourth-order valence-corrected chi connectivity index (χ4v) is 7.07. The topological polar surface area (TPSA) is 105 Å². The minimum absolute atomic E-state index is 0.000370. The lowest BCUT2D eigenvalue weighted by Gasteiger charge is -2.47. The summed E-state index contributed by atoms with van der Waals surface area (Å²) in [7, 11) is 3.55. The zero-order valence-corrected chi connectivity index (χ0v) is 26.8. The molecule has 42 heavy (non-hydrogen) atoms. The van der Waals surface area contributed by atoms with Gasteiger partial charge in [-0.2, -0.15) is 5.10 Å². The van der Waals surface area contributed by atoms with E-state index in [2.05, 4.69) is 51.4 Å². The number of aryl methyl sites for hydroxylation is 2. The molecule has 9 nitrogen and oxygen atoms in total. The Kier molecular flexibility index (Phi) is 10.4. The second-order valence-corrected chi connectivity index (χ2v) is 13.1. The lowest BCUT2D eigenvalue weighted by atomic mass is 9.83. The van der Waals surface area contributed by atoms with Crippen LogP contribution in [0.3, 0.4) is 0 Å². The van der Waals surface area contributed by atoms with Crippen molar-refractivity contribution in [3.8, 4) is 0 Å². The number of rotatable bonds is 11. The van der Waals surface area contributed by atoms with E-state index in [0.29, 0.717) is 34.1 Å². The summed E-state index contributed by atoms with van der Waals surface area (Å²) < 4.78 is 1.77. The molecule has 10 heteroatoms. The van der Waals surface area contributed by atoms with Crippen LogP contribution in [0.4, 0.5) is 11.4 Å². The molecule has 2 N–H and O–H groups in total. The van der Waals surface area contributed by atoms with Gasteiger partial charge in [0, 0.05) is 61.0 Å². The molecule has 1 unspecified atom stereocenters. The van der Waals surface area contributed by atoms with Gasteiger partial charge in [-0.05, 0) is 44.6 Å². The van der Waals surface area contributed by atoms with Crippen molar-refractivity contribution in [1.82, 2.24) is 19.7 Å². The standard InChI is InChI=1S/C32H45N7O2S/c1-8-11-28(42-27(9-2)22-15-35-38(7)18-22)25(17-33-6)31(41)37-26-14-24(16-34-21(26)3)36-30(40)23-19-39(20-23)29-12-10-13-32(29,4)5/h9,14-18,23,29H,8,10-13,19-20H2,1-7H3,(H,36,40)(H,37,41)/b27-9-,28-25-,33-17?. The molecular formula is C32H45N7O2S. The number of nitrogens with zero attached hydrogens (tertiary/aromatic N) is 5. The summed E-state index contributed by atoms with van der Waals surface area (Å²) >= 11 is 1.56. The third kappa shape index (κ3) is 7.39. The molecule has 2 aromatic rings. The van der Waals surface area contributed by atoms with Crippen molar-refractivity contribution in [3.05, 3.63) is 52.5 Å². The Bertz CT molecular complexity index is 1380. The highest BCUT2D eigenvalue weighted by molar-refractivity contribution is 8.11. The zero-order chi connectivity index (χ0) is 30.4. The minimum Gasteiger partial charge on any atom is -0.324 e. The van der Waals surface area contributed by atoms with Gasteiger partial charge in [0.1, 0.15) is 0 Å². The lowest BCUT2D eigenvalue weighted by molar-refractivity contribution is -0.127. The smallest absolute Gasteiger partial charge is 0.258 e. The normalized spacial score (nSPS) is 20.0. The van der Waals surface area contributed by atoms with Crippen LogP contribution in [0.5, 0.6) is 0 Å². The number of nitrogens with one attached hydrogen (secondary N) is 2. The van der Waals surface area contributed by atoms with Gasteiger partial charge in [0.15, 0.2) is 0 Å². The molecule has 2 amide bonds. The van der Waals surface area contributed by atoms with Crippen molar-refractivity contribution in [2.45, 2.75) is 72.8 Å². The number of carbonyl (C=O) groups is 2. The van der Waals surface area contributed by atoms with Crippen LogP contribution in [-0.2, 0) is 16.6 Å². The fourth-order valence-electron chi connectivity index (χ4n) is 5.90. The van der Waals surface area contributed by atoms with Gasteiger partial charge in [0.25, 0.3) is 5.91 Å². The molecule has 2 fully saturated rings. The van der Waals surface area contributed by atoms with E-state index >= 15 is 0 Å². The molecule has 1 atom stereocenters. The van der Waals surface area contributed by atoms with Crippen molar-refractivity contribution in [1.29, 1.82) is 0 Å². The van der Waals surface area contributed by atoms with E-state index in [1.807, 2.05) is 39.4 Å². The Morgan fingerprint density at radius 2 is 2.00 bits per heavy atom. The van der Waals surface area contributed by atoms with Crippen LogP contribution in [0.15, 0.2) is 46.2 Å². The maximum atomic E-state index is 13.7.